The van der Waals surface area contributed by atoms with E-state index >= 15 is 0 Å². The van der Waals surface area contributed by atoms with E-state index in [1.54, 1.807) is 7.11 Å². The first-order chi connectivity index (χ1) is 12.3. The Morgan fingerprint density at radius 3 is 2.76 bits per heavy atom. The minimum atomic E-state index is 0.714. The fourth-order valence-corrected chi connectivity index (χ4v) is 3.71. The van der Waals surface area contributed by atoms with Gasteiger partial charge in [0, 0.05) is 5.56 Å². The number of methoxy groups -OCH3 is 1. The van der Waals surface area contributed by atoms with E-state index in [-0.39, 0.29) is 0 Å². The molecule has 0 radical (unpaired) electrons. The highest BCUT2D eigenvalue weighted by Gasteiger charge is 2.11. The molecular formula is C22H24N2O. The number of nitrogens with zero attached hydrogens (tertiary/aromatic N) is 1. The second-order valence-corrected chi connectivity index (χ2v) is 6.81. The summed E-state index contributed by atoms with van der Waals surface area (Å²) in [6.07, 6.45) is 11.2. The summed E-state index contributed by atoms with van der Waals surface area (Å²) in [4.78, 5) is 8.14. The van der Waals surface area contributed by atoms with E-state index in [9.17, 15) is 0 Å². The second kappa shape index (κ2) is 7.14. The Morgan fingerprint density at radius 1 is 1.08 bits per heavy atom. The van der Waals surface area contributed by atoms with Gasteiger partial charge in [-0.05, 0) is 48.6 Å². The van der Waals surface area contributed by atoms with Gasteiger partial charge in [-0.25, -0.2) is 4.98 Å². The van der Waals surface area contributed by atoms with Crippen LogP contribution in [0, 0.1) is 5.92 Å². The van der Waals surface area contributed by atoms with Gasteiger partial charge in [0.15, 0.2) is 0 Å². The average Bonchev–Trinajstić information content (AvgIpc) is 3.09. The van der Waals surface area contributed by atoms with Crippen molar-refractivity contribution in [3.63, 3.8) is 0 Å². The Morgan fingerprint density at radius 2 is 1.92 bits per heavy atom. The Hall–Kier alpha value is -2.55. The highest BCUT2D eigenvalue weighted by Crippen LogP contribution is 2.31. The number of H-pyrrole nitrogens is 1. The van der Waals surface area contributed by atoms with Gasteiger partial charge in [-0.2, -0.15) is 0 Å². The molecule has 0 spiro atoms. The molecule has 1 saturated carbocycles. The summed E-state index contributed by atoms with van der Waals surface area (Å²) in [5, 5.41) is 0. The minimum Gasteiger partial charge on any atom is -0.496 e. The molecule has 1 aliphatic rings. The van der Waals surface area contributed by atoms with Crippen molar-refractivity contribution >= 4 is 17.1 Å². The van der Waals surface area contributed by atoms with Crippen molar-refractivity contribution in [2.75, 3.05) is 7.11 Å². The Bertz CT molecular complexity index is 888. The predicted octanol–water partition coefficient (Wildman–Crippen LogP) is 5.83. The minimum absolute atomic E-state index is 0.714. The number of benzene rings is 2. The molecule has 1 N–H and O–H groups in total. The first-order valence-electron chi connectivity index (χ1n) is 9.15. The van der Waals surface area contributed by atoms with Gasteiger partial charge in [-0.15, -0.1) is 0 Å². The average molecular weight is 332 g/mol. The van der Waals surface area contributed by atoms with Crippen LogP contribution in [0.25, 0.3) is 28.2 Å². The van der Waals surface area contributed by atoms with Gasteiger partial charge in [0.1, 0.15) is 11.6 Å². The Balaban J connectivity index is 1.62. The molecule has 0 unspecified atom stereocenters. The van der Waals surface area contributed by atoms with Crippen LogP contribution in [-0.2, 0) is 0 Å². The van der Waals surface area contributed by atoms with E-state index in [0.29, 0.717) is 5.92 Å². The van der Waals surface area contributed by atoms with Gasteiger partial charge >= 0.3 is 0 Å². The van der Waals surface area contributed by atoms with E-state index in [1.165, 1.54) is 32.1 Å². The molecule has 0 amide bonds. The van der Waals surface area contributed by atoms with Crippen LogP contribution in [0.2, 0.25) is 0 Å². The van der Waals surface area contributed by atoms with Crippen molar-refractivity contribution < 1.29 is 4.74 Å². The van der Waals surface area contributed by atoms with Crippen molar-refractivity contribution in [2.24, 2.45) is 5.92 Å². The summed E-state index contributed by atoms with van der Waals surface area (Å²) in [5.41, 5.74) is 4.30. The maximum atomic E-state index is 5.49. The summed E-state index contributed by atoms with van der Waals surface area (Å²) in [6.45, 7) is 0. The maximum absolute atomic E-state index is 5.49. The smallest absolute Gasteiger partial charge is 0.130 e. The number of aromatic amines is 1. The summed E-state index contributed by atoms with van der Waals surface area (Å²) in [7, 11) is 1.71. The number of ether oxygens (including phenoxy) is 1. The first-order valence-corrected chi connectivity index (χ1v) is 9.15. The normalized spacial score (nSPS) is 15.9. The van der Waals surface area contributed by atoms with Crippen molar-refractivity contribution in [3.05, 3.63) is 54.4 Å². The van der Waals surface area contributed by atoms with Crippen molar-refractivity contribution in [2.45, 2.75) is 32.1 Å². The molecule has 25 heavy (non-hydrogen) atoms. The molecule has 0 bridgehead atoms. The topological polar surface area (TPSA) is 37.9 Å². The standard InChI is InChI=1S/C22H24N2O/c1-25-21-10-6-5-9-18(21)17-12-13-19-20(15-17)24-22(23-19)14-11-16-7-3-2-4-8-16/h5-6,9-16H,2-4,7-8H2,1H3,(H,23,24)/b14-11+. The van der Waals surface area contributed by atoms with Crippen LogP contribution in [0.1, 0.15) is 37.9 Å². The lowest BCUT2D eigenvalue weighted by atomic mass is 9.89. The number of allylic oxidation sites excluding steroid dienone is 1. The zero-order valence-electron chi connectivity index (χ0n) is 14.7. The van der Waals surface area contributed by atoms with Crippen molar-refractivity contribution in [3.8, 4) is 16.9 Å². The van der Waals surface area contributed by atoms with E-state index in [4.69, 9.17) is 9.72 Å². The number of fused-ring (bicyclic) bond motifs is 1. The molecule has 128 valence electrons. The third-order valence-corrected chi connectivity index (χ3v) is 5.09. The maximum Gasteiger partial charge on any atom is 0.130 e. The van der Waals surface area contributed by atoms with Crippen LogP contribution in [0.4, 0.5) is 0 Å². The molecule has 0 aliphatic heterocycles. The third kappa shape index (κ3) is 3.46. The number of hydrogen-bond donors (Lipinski definition) is 1. The van der Waals surface area contributed by atoms with E-state index in [2.05, 4.69) is 41.4 Å². The van der Waals surface area contributed by atoms with Gasteiger partial charge in [0.2, 0.25) is 0 Å². The first kappa shape index (κ1) is 15.9. The quantitative estimate of drug-likeness (QED) is 0.652. The molecule has 1 fully saturated rings. The molecule has 0 atom stereocenters. The zero-order chi connectivity index (χ0) is 17.1. The number of rotatable bonds is 4. The van der Waals surface area contributed by atoms with Crippen LogP contribution in [0.3, 0.4) is 0 Å². The Labute approximate surface area is 148 Å². The lowest BCUT2D eigenvalue weighted by molar-refractivity contribution is 0.416. The summed E-state index contributed by atoms with van der Waals surface area (Å²) < 4.78 is 5.49. The molecule has 3 heteroatoms. The van der Waals surface area contributed by atoms with E-state index in [1.807, 2.05) is 18.2 Å². The van der Waals surface area contributed by atoms with Crippen molar-refractivity contribution in [1.29, 1.82) is 0 Å². The van der Waals surface area contributed by atoms with Gasteiger partial charge in [-0.1, -0.05) is 49.6 Å². The van der Waals surface area contributed by atoms with Gasteiger partial charge in [-0.3, -0.25) is 0 Å². The van der Waals surface area contributed by atoms with Crippen LogP contribution in [0.5, 0.6) is 5.75 Å². The van der Waals surface area contributed by atoms with E-state index < -0.39 is 0 Å². The van der Waals surface area contributed by atoms with Crippen molar-refractivity contribution in [1.82, 2.24) is 9.97 Å². The lowest BCUT2D eigenvalue weighted by Gasteiger charge is -2.17. The summed E-state index contributed by atoms with van der Waals surface area (Å²) >= 11 is 0. The molecule has 0 saturated heterocycles. The van der Waals surface area contributed by atoms with Crippen LogP contribution >= 0.6 is 0 Å². The zero-order valence-corrected chi connectivity index (χ0v) is 14.7. The highest BCUT2D eigenvalue weighted by molar-refractivity contribution is 5.84. The van der Waals surface area contributed by atoms with E-state index in [0.717, 1.165) is 33.7 Å². The van der Waals surface area contributed by atoms with Gasteiger partial charge < -0.3 is 9.72 Å². The fraction of sp³-hybridized carbons (Fsp3) is 0.318. The summed E-state index contributed by atoms with van der Waals surface area (Å²) in [6, 6.07) is 14.4. The van der Waals surface area contributed by atoms with Crippen LogP contribution < -0.4 is 4.74 Å². The molecule has 3 aromatic rings. The lowest BCUT2D eigenvalue weighted by Crippen LogP contribution is -2.02. The molecular weight excluding hydrogens is 308 g/mol. The fourth-order valence-electron chi connectivity index (χ4n) is 3.71. The number of para-hydroxylation sites is 1. The third-order valence-electron chi connectivity index (χ3n) is 5.09. The molecule has 3 nitrogen and oxygen atoms in total. The van der Waals surface area contributed by atoms with Gasteiger partial charge in [0.05, 0.1) is 18.1 Å². The second-order valence-electron chi connectivity index (χ2n) is 6.81. The molecule has 1 aliphatic carbocycles. The number of imidazole rings is 1. The largest absolute Gasteiger partial charge is 0.496 e. The van der Waals surface area contributed by atoms with Crippen LogP contribution in [0.15, 0.2) is 48.5 Å². The SMILES string of the molecule is COc1ccccc1-c1ccc2nc(/C=C/C3CCCCC3)[nH]c2c1. The molecule has 1 heterocycles. The molecule has 4 rings (SSSR count). The predicted molar refractivity (Wildman–Crippen MR) is 104 cm³/mol. The summed E-state index contributed by atoms with van der Waals surface area (Å²) in [5.74, 6) is 2.54. The molecule has 1 aromatic heterocycles. The highest BCUT2D eigenvalue weighted by atomic mass is 16.5. The van der Waals surface area contributed by atoms with Gasteiger partial charge in [0.25, 0.3) is 0 Å². The van der Waals surface area contributed by atoms with Crippen LogP contribution in [-0.4, -0.2) is 17.1 Å². The monoisotopic (exact) mass is 332 g/mol. The number of aromatic nitrogens is 2. The number of hydrogen-bond acceptors (Lipinski definition) is 2. The Kier molecular flexibility index (Phi) is 4.55. The molecule has 2 aromatic carbocycles. The number of nitrogens with one attached hydrogen (secondary N) is 1.